The molecule has 0 radical (unpaired) electrons. The number of nitrogen functional groups attached to an aromatic ring is 1. The highest BCUT2D eigenvalue weighted by molar-refractivity contribution is 7.09. The van der Waals surface area contributed by atoms with Gasteiger partial charge in [-0.25, -0.2) is 4.98 Å². The summed E-state index contributed by atoms with van der Waals surface area (Å²) in [7, 11) is 0. The second-order valence-corrected chi connectivity index (χ2v) is 6.19. The number of unbranched alkanes of at least 4 members (excludes halogenated alkanes) is 1. The first-order valence-electron chi connectivity index (χ1n) is 7.76. The van der Waals surface area contributed by atoms with E-state index in [4.69, 9.17) is 10.7 Å². The molecule has 2 aromatic rings. The first kappa shape index (κ1) is 16.0. The molecule has 21 heavy (non-hydrogen) atoms. The van der Waals surface area contributed by atoms with Crippen LogP contribution in [0.5, 0.6) is 0 Å². The summed E-state index contributed by atoms with van der Waals surface area (Å²) < 4.78 is 0. The third-order valence-electron chi connectivity index (χ3n) is 3.71. The SMILES string of the molecule is CCCCN(CC)CCc1nc(-c2ccccc2N)cs1. The Labute approximate surface area is 131 Å². The zero-order valence-corrected chi connectivity index (χ0v) is 13.8. The summed E-state index contributed by atoms with van der Waals surface area (Å²) in [6.07, 6.45) is 3.55. The topological polar surface area (TPSA) is 42.2 Å². The number of benzene rings is 1. The largest absolute Gasteiger partial charge is 0.398 e. The van der Waals surface area contributed by atoms with E-state index in [9.17, 15) is 0 Å². The summed E-state index contributed by atoms with van der Waals surface area (Å²) >= 11 is 1.74. The van der Waals surface area contributed by atoms with Crippen LogP contribution in [0.2, 0.25) is 0 Å². The van der Waals surface area contributed by atoms with Crippen molar-refractivity contribution in [1.29, 1.82) is 0 Å². The fourth-order valence-electron chi connectivity index (χ4n) is 2.34. The molecule has 0 unspecified atom stereocenters. The molecule has 0 atom stereocenters. The highest BCUT2D eigenvalue weighted by Crippen LogP contribution is 2.27. The van der Waals surface area contributed by atoms with E-state index in [0.29, 0.717) is 0 Å². The molecule has 0 spiro atoms. The minimum atomic E-state index is 0.799. The standard InChI is InChI=1S/C17H25N3S/c1-3-5-11-20(4-2)12-10-17-19-16(13-21-17)14-8-6-7-9-15(14)18/h6-9,13H,3-5,10-12,18H2,1-2H3. The van der Waals surface area contributed by atoms with Gasteiger partial charge in [0.25, 0.3) is 0 Å². The Bertz CT molecular complexity index is 550. The van der Waals surface area contributed by atoms with Crippen molar-refractivity contribution in [1.82, 2.24) is 9.88 Å². The fraction of sp³-hybridized carbons (Fsp3) is 0.471. The molecule has 0 fully saturated rings. The number of anilines is 1. The molecule has 4 heteroatoms. The van der Waals surface area contributed by atoms with Crippen molar-refractivity contribution < 1.29 is 0 Å². The molecule has 114 valence electrons. The Kier molecular flexibility index (Phi) is 6.21. The van der Waals surface area contributed by atoms with Gasteiger partial charge in [0, 0.05) is 29.6 Å². The zero-order chi connectivity index (χ0) is 15.1. The Morgan fingerprint density at radius 3 is 2.71 bits per heavy atom. The van der Waals surface area contributed by atoms with Gasteiger partial charge in [-0.1, -0.05) is 38.5 Å². The molecule has 2 N–H and O–H groups in total. The maximum Gasteiger partial charge on any atom is 0.0945 e. The first-order chi connectivity index (χ1) is 10.2. The van der Waals surface area contributed by atoms with Crippen molar-refractivity contribution in [3.8, 4) is 11.3 Å². The molecule has 0 bridgehead atoms. The van der Waals surface area contributed by atoms with Crippen molar-refractivity contribution >= 4 is 17.0 Å². The molecule has 1 heterocycles. The number of likely N-dealkylation sites (N-methyl/N-ethyl adjacent to an activating group) is 1. The second kappa shape index (κ2) is 8.15. The van der Waals surface area contributed by atoms with Gasteiger partial charge < -0.3 is 10.6 Å². The smallest absolute Gasteiger partial charge is 0.0945 e. The number of aromatic nitrogens is 1. The number of thiazole rings is 1. The van der Waals surface area contributed by atoms with E-state index < -0.39 is 0 Å². The Hall–Kier alpha value is -1.39. The number of hydrogen-bond acceptors (Lipinski definition) is 4. The lowest BCUT2D eigenvalue weighted by atomic mass is 10.1. The van der Waals surface area contributed by atoms with E-state index in [1.165, 1.54) is 24.4 Å². The zero-order valence-electron chi connectivity index (χ0n) is 13.0. The van der Waals surface area contributed by atoms with Crippen LogP contribution in [0.25, 0.3) is 11.3 Å². The summed E-state index contributed by atoms with van der Waals surface area (Å²) in [6, 6.07) is 7.93. The number of nitrogens with zero attached hydrogens (tertiary/aromatic N) is 2. The van der Waals surface area contributed by atoms with Crippen LogP contribution in [-0.4, -0.2) is 29.5 Å². The summed E-state index contributed by atoms with van der Waals surface area (Å²) in [6.45, 7) is 7.87. The molecular formula is C17H25N3S. The Morgan fingerprint density at radius 1 is 1.19 bits per heavy atom. The van der Waals surface area contributed by atoms with Gasteiger partial charge in [0.2, 0.25) is 0 Å². The quantitative estimate of drug-likeness (QED) is 0.748. The van der Waals surface area contributed by atoms with Crippen molar-refractivity contribution in [2.45, 2.75) is 33.1 Å². The third kappa shape index (κ3) is 4.55. The van der Waals surface area contributed by atoms with Crippen LogP contribution in [0.15, 0.2) is 29.6 Å². The lowest BCUT2D eigenvalue weighted by molar-refractivity contribution is 0.287. The van der Waals surface area contributed by atoms with Crippen LogP contribution < -0.4 is 5.73 Å². The van der Waals surface area contributed by atoms with Crippen LogP contribution in [0, 0.1) is 0 Å². The molecular weight excluding hydrogens is 278 g/mol. The third-order valence-corrected chi connectivity index (χ3v) is 4.61. The number of nitrogens with two attached hydrogens (primary N) is 1. The predicted octanol–water partition coefficient (Wildman–Crippen LogP) is 4.06. The van der Waals surface area contributed by atoms with Gasteiger partial charge in [-0.2, -0.15) is 0 Å². The average molecular weight is 303 g/mol. The molecule has 1 aromatic heterocycles. The van der Waals surface area contributed by atoms with Gasteiger partial charge >= 0.3 is 0 Å². The highest BCUT2D eigenvalue weighted by atomic mass is 32.1. The van der Waals surface area contributed by atoms with Gasteiger partial charge in [-0.15, -0.1) is 11.3 Å². The van der Waals surface area contributed by atoms with Crippen LogP contribution in [0.1, 0.15) is 31.7 Å². The minimum Gasteiger partial charge on any atom is -0.398 e. The van der Waals surface area contributed by atoms with Crippen molar-refractivity contribution in [3.05, 3.63) is 34.7 Å². The van der Waals surface area contributed by atoms with Crippen LogP contribution in [0.3, 0.4) is 0 Å². The van der Waals surface area contributed by atoms with E-state index in [2.05, 4.69) is 24.1 Å². The average Bonchev–Trinajstić information content (AvgIpc) is 2.96. The summed E-state index contributed by atoms with van der Waals surface area (Å²) in [5, 5.41) is 3.31. The van der Waals surface area contributed by atoms with Crippen LogP contribution >= 0.6 is 11.3 Å². The van der Waals surface area contributed by atoms with Gasteiger partial charge in [-0.05, 0) is 25.6 Å². The lowest BCUT2D eigenvalue weighted by Gasteiger charge is -2.19. The maximum atomic E-state index is 6.02. The van der Waals surface area contributed by atoms with Gasteiger partial charge in [0.05, 0.1) is 10.7 Å². The normalized spacial score (nSPS) is 11.2. The molecule has 2 rings (SSSR count). The van der Waals surface area contributed by atoms with Gasteiger partial charge in [0.1, 0.15) is 0 Å². The molecule has 1 aromatic carbocycles. The van der Waals surface area contributed by atoms with Gasteiger partial charge in [0.15, 0.2) is 0 Å². The van der Waals surface area contributed by atoms with Crippen molar-refractivity contribution in [3.63, 3.8) is 0 Å². The molecule has 0 saturated heterocycles. The summed E-state index contributed by atoms with van der Waals surface area (Å²) in [4.78, 5) is 7.24. The van der Waals surface area contributed by atoms with Crippen molar-refractivity contribution in [2.24, 2.45) is 0 Å². The summed E-state index contributed by atoms with van der Waals surface area (Å²) in [5.41, 5.74) is 8.86. The van der Waals surface area contributed by atoms with E-state index in [1.54, 1.807) is 11.3 Å². The Balaban J connectivity index is 1.96. The maximum absolute atomic E-state index is 6.02. The lowest BCUT2D eigenvalue weighted by Crippen LogP contribution is -2.26. The molecule has 0 saturated carbocycles. The molecule has 0 amide bonds. The predicted molar refractivity (Wildman–Crippen MR) is 92.7 cm³/mol. The molecule has 3 nitrogen and oxygen atoms in total. The van der Waals surface area contributed by atoms with E-state index in [0.717, 1.165) is 36.5 Å². The first-order valence-corrected chi connectivity index (χ1v) is 8.64. The highest BCUT2D eigenvalue weighted by Gasteiger charge is 2.08. The van der Waals surface area contributed by atoms with Crippen molar-refractivity contribution in [2.75, 3.05) is 25.4 Å². The number of rotatable bonds is 8. The molecule has 0 aliphatic heterocycles. The van der Waals surface area contributed by atoms with Crippen LogP contribution in [0.4, 0.5) is 5.69 Å². The molecule has 0 aliphatic rings. The number of hydrogen-bond donors (Lipinski definition) is 1. The van der Waals surface area contributed by atoms with E-state index in [1.807, 2.05) is 24.3 Å². The van der Waals surface area contributed by atoms with Crippen LogP contribution in [-0.2, 0) is 6.42 Å². The number of para-hydroxylation sites is 1. The fourth-order valence-corrected chi connectivity index (χ4v) is 3.13. The second-order valence-electron chi connectivity index (χ2n) is 5.25. The van der Waals surface area contributed by atoms with Gasteiger partial charge in [-0.3, -0.25) is 0 Å². The minimum absolute atomic E-state index is 0.799. The van der Waals surface area contributed by atoms with E-state index in [-0.39, 0.29) is 0 Å². The monoisotopic (exact) mass is 303 g/mol. The van der Waals surface area contributed by atoms with E-state index >= 15 is 0 Å². The Morgan fingerprint density at radius 2 is 2.00 bits per heavy atom. The molecule has 0 aliphatic carbocycles. The summed E-state index contributed by atoms with van der Waals surface area (Å²) in [5.74, 6) is 0.